The molecule has 1 spiro atoms. The number of nitrogens with one attached hydrogen (secondary N) is 2. The van der Waals surface area contributed by atoms with Gasteiger partial charge < -0.3 is 15.4 Å². The van der Waals surface area contributed by atoms with Crippen molar-refractivity contribution in [3.63, 3.8) is 0 Å². The van der Waals surface area contributed by atoms with E-state index in [0.717, 1.165) is 25.9 Å². The molecule has 130 valence electrons. The van der Waals surface area contributed by atoms with Crippen molar-refractivity contribution in [3.05, 3.63) is 65.5 Å². The summed E-state index contributed by atoms with van der Waals surface area (Å²) in [7, 11) is 1.75. The second-order valence-corrected chi connectivity index (χ2v) is 6.84. The van der Waals surface area contributed by atoms with Crippen molar-refractivity contribution < 1.29 is 9.53 Å². The van der Waals surface area contributed by atoms with E-state index in [2.05, 4.69) is 33.8 Å². The molecule has 2 atom stereocenters. The molecule has 1 aromatic carbocycles. The van der Waals surface area contributed by atoms with Crippen molar-refractivity contribution >= 4 is 5.91 Å². The van der Waals surface area contributed by atoms with Gasteiger partial charge in [-0.25, -0.2) is 0 Å². The molecule has 1 fully saturated rings. The number of carbonyl (C=O) groups is 1. The monoisotopic (exact) mass is 337 g/mol. The van der Waals surface area contributed by atoms with E-state index in [9.17, 15) is 4.79 Å². The van der Waals surface area contributed by atoms with E-state index in [4.69, 9.17) is 4.74 Å². The van der Waals surface area contributed by atoms with Crippen molar-refractivity contribution in [1.82, 2.24) is 15.6 Å². The van der Waals surface area contributed by atoms with Gasteiger partial charge in [-0.2, -0.15) is 0 Å². The first-order valence-electron chi connectivity index (χ1n) is 8.80. The fourth-order valence-electron chi connectivity index (χ4n) is 4.52. The lowest BCUT2D eigenvalue weighted by Gasteiger charge is -2.40. The molecule has 2 aliphatic rings. The third-order valence-electron chi connectivity index (χ3n) is 5.64. The van der Waals surface area contributed by atoms with Gasteiger partial charge in [0.15, 0.2) is 0 Å². The number of aromatic nitrogens is 1. The summed E-state index contributed by atoms with van der Waals surface area (Å²) in [6.45, 7) is 1.94. The van der Waals surface area contributed by atoms with Crippen LogP contribution >= 0.6 is 0 Å². The molecule has 25 heavy (non-hydrogen) atoms. The van der Waals surface area contributed by atoms with Crippen LogP contribution in [0.15, 0.2) is 48.8 Å². The fourth-order valence-corrected chi connectivity index (χ4v) is 4.52. The van der Waals surface area contributed by atoms with Gasteiger partial charge in [-0.05, 0) is 49.2 Å². The molecule has 1 aliphatic heterocycles. The molecule has 2 N–H and O–H groups in total. The number of nitrogens with zero attached hydrogens (tertiary/aromatic N) is 1. The maximum atomic E-state index is 12.7. The molecular formula is C20H23N3O2. The molecule has 2 heterocycles. The largest absolute Gasteiger partial charge is 0.378 e. The van der Waals surface area contributed by atoms with Gasteiger partial charge in [0, 0.05) is 24.9 Å². The van der Waals surface area contributed by atoms with Crippen molar-refractivity contribution in [1.29, 1.82) is 0 Å². The molecule has 5 heteroatoms. The molecule has 2 unspecified atom stereocenters. The maximum Gasteiger partial charge on any atom is 0.253 e. The third kappa shape index (κ3) is 2.64. The first-order valence-corrected chi connectivity index (χ1v) is 8.80. The van der Waals surface area contributed by atoms with E-state index in [-0.39, 0.29) is 23.5 Å². The molecular weight excluding hydrogens is 314 g/mol. The van der Waals surface area contributed by atoms with E-state index in [1.807, 2.05) is 6.07 Å². The SMILES string of the molecule is COC1C(NC(=O)c2cccnc2)c2ccccc2C12CCNCC2. The normalized spacial score (nSPS) is 24.0. The van der Waals surface area contributed by atoms with Gasteiger partial charge in [-0.3, -0.25) is 9.78 Å². The minimum absolute atomic E-state index is 0.0382. The summed E-state index contributed by atoms with van der Waals surface area (Å²) in [6.07, 6.45) is 5.23. The Kier molecular flexibility index (Phi) is 4.27. The summed E-state index contributed by atoms with van der Waals surface area (Å²) < 4.78 is 5.98. The Morgan fingerprint density at radius 1 is 1.24 bits per heavy atom. The van der Waals surface area contributed by atoms with Crippen LogP contribution < -0.4 is 10.6 Å². The average Bonchev–Trinajstić information content (AvgIpc) is 2.92. The Hall–Kier alpha value is -2.24. The van der Waals surface area contributed by atoms with Crippen LogP contribution in [0.3, 0.4) is 0 Å². The van der Waals surface area contributed by atoms with Crippen LogP contribution in [0.25, 0.3) is 0 Å². The summed E-state index contributed by atoms with van der Waals surface area (Å²) in [5, 5.41) is 6.64. The molecule has 1 amide bonds. The third-order valence-corrected chi connectivity index (χ3v) is 5.64. The number of carbonyl (C=O) groups excluding carboxylic acids is 1. The van der Waals surface area contributed by atoms with E-state index in [1.54, 1.807) is 31.6 Å². The first-order chi connectivity index (χ1) is 12.3. The number of piperidine rings is 1. The van der Waals surface area contributed by atoms with E-state index < -0.39 is 0 Å². The quantitative estimate of drug-likeness (QED) is 0.901. The number of hydrogen-bond acceptors (Lipinski definition) is 4. The summed E-state index contributed by atoms with van der Waals surface area (Å²) in [5.74, 6) is -0.110. The molecule has 1 saturated heterocycles. The molecule has 1 aliphatic carbocycles. The van der Waals surface area contributed by atoms with Crippen LogP contribution in [0.5, 0.6) is 0 Å². The number of pyridine rings is 1. The predicted octanol–water partition coefficient (Wildman–Crippen LogP) is 2.20. The van der Waals surface area contributed by atoms with Crippen molar-refractivity contribution in [2.24, 2.45) is 0 Å². The summed E-state index contributed by atoms with van der Waals surface area (Å²) >= 11 is 0. The second-order valence-electron chi connectivity index (χ2n) is 6.84. The average molecular weight is 337 g/mol. The van der Waals surface area contributed by atoms with E-state index in [0.29, 0.717) is 5.56 Å². The molecule has 0 radical (unpaired) electrons. The lowest BCUT2D eigenvalue weighted by molar-refractivity contribution is 0.00396. The van der Waals surface area contributed by atoms with Gasteiger partial charge in [0.2, 0.25) is 0 Å². The number of amides is 1. The lowest BCUT2D eigenvalue weighted by Crippen LogP contribution is -2.49. The molecule has 0 saturated carbocycles. The number of methoxy groups -OCH3 is 1. The van der Waals surface area contributed by atoms with Crippen molar-refractivity contribution in [2.75, 3.05) is 20.2 Å². The Bertz CT molecular complexity index is 757. The van der Waals surface area contributed by atoms with Gasteiger partial charge in [0.05, 0.1) is 17.7 Å². The Morgan fingerprint density at radius 3 is 2.76 bits per heavy atom. The molecule has 2 aromatic rings. The summed E-state index contributed by atoms with van der Waals surface area (Å²) in [4.78, 5) is 16.8. The first kappa shape index (κ1) is 16.2. The van der Waals surface area contributed by atoms with E-state index in [1.165, 1.54) is 11.1 Å². The number of benzene rings is 1. The minimum atomic E-state index is -0.146. The maximum absolute atomic E-state index is 12.7. The standard InChI is InChI=1S/C20H23N3O2/c1-25-18-17(23-19(24)14-5-4-10-22-13-14)15-6-2-3-7-16(15)20(18)8-11-21-12-9-20/h2-7,10,13,17-18,21H,8-9,11-12H2,1H3,(H,23,24). The Labute approximate surface area is 147 Å². The van der Waals surface area contributed by atoms with Gasteiger partial charge in [0.1, 0.15) is 0 Å². The van der Waals surface area contributed by atoms with Crippen molar-refractivity contribution in [2.45, 2.75) is 30.4 Å². The van der Waals surface area contributed by atoms with Gasteiger partial charge >= 0.3 is 0 Å². The highest BCUT2D eigenvalue weighted by Gasteiger charge is 2.53. The van der Waals surface area contributed by atoms with E-state index >= 15 is 0 Å². The van der Waals surface area contributed by atoms with Crippen molar-refractivity contribution in [3.8, 4) is 0 Å². The van der Waals surface area contributed by atoms with Crippen LogP contribution in [-0.2, 0) is 10.2 Å². The number of ether oxygens (including phenoxy) is 1. The highest BCUT2D eigenvalue weighted by Crippen LogP contribution is 2.51. The minimum Gasteiger partial charge on any atom is -0.378 e. The van der Waals surface area contributed by atoms with Crippen LogP contribution in [0, 0.1) is 0 Å². The Morgan fingerprint density at radius 2 is 2.04 bits per heavy atom. The highest BCUT2D eigenvalue weighted by atomic mass is 16.5. The van der Waals surface area contributed by atoms with Crippen LogP contribution in [0.2, 0.25) is 0 Å². The smallest absolute Gasteiger partial charge is 0.253 e. The number of hydrogen-bond donors (Lipinski definition) is 2. The van der Waals surface area contributed by atoms with Gasteiger partial charge in [-0.1, -0.05) is 24.3 Å². The number of fused-ring (bicyclic) bond motifs is 2. The fraction of sp³-hybridized carbons (Fsp3) is 0.400. The highest BCUT2D eigenvalue weighted by molar-refractivity contribution is 5.94. The molecule has 1 aromatic heterocycles. The Balaban J connectivity index is 1.71. The zero-order valence-corrected chi connectivity index (χ0v) is 14.4. The van der Waals surface area contributed by atoms with Gasteiger partial charge in [-0.15, -0.1) is 0 Å². The molecule has 5 nitrogen and oxygen atoms in total. The van der Waals surface area contributed by atoms with Crippen LogP contribution in [0.1, 0.15) is 40.4 Å². The summed E-state index contributed by atoms with van der Waals surface area (Å²) in [5.41, 5.74) is 3.03. The topological polar surface area (TPSA) is 63.2 Å². The molecule has 4 rings (SSSR count). The second kappa shape index (κ2) is 6.58. The lowest BCUT2D eigenvalue weighted by atomic mass is 9.72. The zero-order chi connectivity index (χ0) is 17.3. The van der Waals surface area contributed by atoms with Gasteiger partial charge in [0.25, 0.3) is 5.91 Å². The molecule has 0 bridgehead atoms. The zero-order valence-electron chi connectivity index (χ0n) is 14.4. The summed E-state index contributed by atoms with van der Waals surface area (Å²) in [6, 6.07) is 11.8. The van der Waals surface area contributed by atoms with Crippen LogP contribution in [-0.4, -0.2) is 37.2 Å². The van der Waals surface area contributed by atoms with Crippen LogP contribution in [0.4, 0.5) is 0 Å². The number of rotatable bonds is 3. The predicted molar refractivity (Wildman–Crippen MR) is 95.5 cm³/mol.